The number of hydrogen-bond acceptors (Lipinski definition) is 4. The molecule has 0 saturated carbocycles. The van der Waals surface area contributed by atoms with E-state index in [4.69, 9.17) is 16.2 Å². The highest BCUT2D eigenvalue weighted by atomic mass is 16.5. The van der Waals surface area contributed by atoms with E-state index < -0.39 is 6.17 Å². The molecule has 1 heterocycles. The second-order valence-corrected chi connectivity index (χ2v) is 2.54. The maximum absolute atomic E-state index is 5.29. The Labute approximate surface area is 71.5 Å². The highest BCUT2D eigenvalue weighted by Crippen LogP contribution is 1.97. The van der Waals surface area contributed by atoms with Gasteiger partial charge in [-0.25, -0.2) is 0 Å². The van der Waals surface area contributed by atoms with Crippen LogP contribution in [0.1, 0.15) is 5.56 Å². The summed E-state index contributed by atoms with van der Waals surface area (Å²) in [7, 11) is 0. The van der Waals surface area contributed by atoms with Crippen LogP contribution in [-0.4, -0.2) is 17.8 Å². The number of pyridine rings is 1. The van der Waals surface area contributed by atoms with E-state index in [1.165, 1.54) is 0 Å². The SMILES string of the molecule is NC(N)COCc1cccnc1. The Morgan fingerprint density at radius 2 is 2.33 bits per heavy atom. The highest BCUT2D eigenvalue weighted by molar-refractivity contribution is 5.06. The fourth-order valence-corrected chi connectivity index (χ4v) is 0.796. The third kappa shape index (κ3) is 3.43. The lowest BCUT2D eigenvalue weighted by atomic mass is 10.3. The molecule has 66 valence electrons. The maximum Gasteiger partial charge on any atom is 0.0762 e. The van der Waals surface area contributed by atoms with E-state index in [1.807, 2.05) is 12.1 Å². The van der Waals surface area contributed by atoms with Gasteiger partial charge in [0.05, 0.1) is 19.4 Å². The lowest BCUT2D eigenvalue weighted by molar-refractivity contribution is 0.109. The Balaban J connectivity index is 2.25. The van der Waals surface area contributed by atoms with Crippen LogP contribution >= 0.6 is 0 Å². The van der Waals surface area contributed by atoms with Gasteiger partial charge >= 0.3 is 0 Å². The summed E-state index contributed by atoms with van der Waals surface area (Å²) in [4.78, 5) is 3.94. The van der Waals surface area contributed by atoms with Gasteiger partial charge in [-0.3, -0.25) is 4.98 Å². The van der Waals surface area contributed by atoms with Crippen molar-refractivity contribution in [2.75, 3.05) is 6.61 Å². The van der Waals surface area contributed by atoms with Crippen LogP contribution in [0.25, 0.3) is 0 Å². The molecule has 0 atom stereocenters. The van der Waals surface area contributed by atoms with Gasteiger partial charge < -0.3 is 16.2 Å². The Bertz CT molecular complexity index is 213. The molecule has 1 rings (SSSR count). The van der Waals surface area contributed by atoms with E-state index in [0.717, 1.165) is 5.56 Å². The molecule has 0 spiro atoms. The Hall–Kier alpha value is -0.970. The fraction of sp³-hybridized carbons (Fsp3) is 0.375. The number of ether oxygens (including phenoxy) is 1. The molecule has 0 radical (unpaired) electrons. The van der Waals surface area contributed by atoms with Crippen molar-refractivity contribution in [1.82, 2.24) is 4.98 Å². The Kier molecular flexibility index (Phi) is 3.66. The highest BCUT2D eigenvalue weighted by Gasteiger charge is 1.94. The first-order valence-corrected chi connectivity index (χ1v) is 3.77. The summed E-state index contributed by atoms with van der Waals surface area (Å²) in [6.07, 6.45) is 3.07. The first-order chi connectivity index (χ1) is 5.79. The summed E-state index contributed by atoms with van der Waals surface area (Å²) in [6, 6.07) is 3.80. The van der Waals surface area contributed by atoms with Crippen molar-refractivity contribution in [2.24, 2.45) is 11.5 Å². The van der Waals surface area contributed by atoms with Crippen LogP contribution in [-0.2, 0) is 11.3 Å². The molecule has 0 amide bonds. The topological polar surface area (TPSA) is 74.2 Å². The molecule has 4 heteroatoms. The zero-order valence-corrected chi connectivity index (χ0v) is 6.81. The van der Waals surface area contributed by atoms with Crippen molar-refractivity contribution in [3.05, 3.63) is 30.1 Å². The standard InChI is InChI=1S/C8H13N3O/c9-8(10)6-12-5-7-2-1-3-11-4-7/h1-4,8H,5-6,9-10H2. The van der Waals surface area contributed by atoms with Gasteiger partial charge in [0.25, 0.3) is 0 Å². The van der Waals surface area contributed by atoms with Crippen molar-refractivity contribution in [3.8, 4) is 0 Å². The van der Waals surface area contributed by atoms with Crippen LogP contribution in [0.2, 0.25) is 0 Å². The summed E-state index contributed by atoms with van der Waals surface area (Å²) >= 11 is 0. The summed E-state index contributed by atoms with van der Waals surface area (Å²) in [5.41, 5.74) is 11.6. The third-order valence-corrected chi connectivity index (χ3v) is 1.30. The minimum absolute atomic E-state index is 0.370. The number of aromatic nitrogens is 1. The molecule has 0 aliphatic rings. The van der Waals surface area contributed by atoms with Crippen molar-refractivity contribution in [2.45, 2.75) is 12.8 Å². The van der Waals surface area contributed by atoms with Gasteiger partial charge in [0, 0.05) is 12.4 Å². The van der Waals surface area contributed by atoms with Crippen molar-refractivity contribution in [1.29, 1.82) is 0 Å². The van der Waals surface area contributed by atoms with E-state index in [9.17, 15) is 0 Å². The van der Waals surface area contributed by atoms with Gasteiger partial charge in [0.2, 0.25) is 0 Å². The molecule has 1 aromatic rings. The first-order valence-electron chi connectivity index (χ1n) is 3.77. The predicted molar refractivity (Wildman–Crippen MR) is 46.1 cm³/mol. The van der Waals surface area contributed by atoms with E-state index in [2.05, 4.69) is 4.98 Å². The minimum atomic E-state index is -0.401. The van der Waals surface area contributed by atoms with Crippen molar-refractivity contribution in [3.63, 3.8) is 0 Å². The second-order valence-electron chi connectivity index (χ2n) is 2.54. The van der Waals surface area contributed by atoms with E-state index in [1.54, 1.807) is 12.4 Å². The predicted octanol–water partition coefficient (Wildman–Crippen LogP) is -0.158. The van der Waals surface area contributed by atoms with Crippen LogP contribution in [0.3, 0.4) is 0 Å². The minimum Gasteiger partial charge on any atom is -0.374 e. The molecule has 0 saturated heterocycles. The molecule has 4 nitrogen and oxygen atoms in total. The van der Waals surface area contributed by atoms with E-state index in [-0.39, 0.29) is 0 Å². The molecule has 0 fully saturated rings. The van der Waals surface area contributed by atoms with Gasteiger partial charge in [-0.15, -0.1) is 0 Å². The Morgan fingerprint density at radius 1 is 1.50 bits per heavy atom. The summed E-state index contributed by atoms with van der Waals surface area (Å²) in [6.45, 7) is 0.883. The van der Waals surface area contributed by atoms with Crippen molar-refractivity contribution < 1.29 is 4.74 Å². The summed E-state index contributed by atoms with van der Waals surface area (Å²) < 4.78 is 5.19. The van der Waals surface area contributed by atoms with Crippen molar-refractivity contribution >= 4 is 0 Å². The van der Waals surface area contributed by atoms with Gasteiger partial charge in [0.15, 0.2) is 0 Å². The molecule has 1 aromatic heterocycles. The number of nitrogens with zero attached hydrogens (tertiary/aromatic N) is 1. The van der Waals surface area contributed by atoms with Gasteiger partial charge in [0.1, 0.15) is 0 Å². The summed E-state index contributed by atoms with van der Waals surface area (Å²) in [5, 5.41) is 0. The summed E-state index contributed by atoms with van der Waals surface area (Å²) in [5.74, 6) is 0. The smallest absolute Gasteiger partial charge is 0.0762 e. The molecule has 0 bridgehead atoms. The van der Waals surface area contributed by atoms with Crippen LogP contribution in [0.4, 0.5) is 0 Å². The average molecular weight is 167 g/mol. The second kappa shape index (κ2) is 4.82. The Morgan fingerprint density at radius 3 is 2.92 bits per heavy atom. The van der Waals surface area contributed by atoms with Crippen LogP contribution in [0.5, 0.6) is 0 Å². The molecular formula is C8H13N3O. The molecular weight excluding hydrogens is 154 g/mol. The van der Waals surface area contributed by atoms with E-state index in [0.29, 0.717) is 13.2 Å². The van der Waals surface area contributed by atoms with Crippen LogP contribution in [0, 0.1) is 0 Å². The number of rotatable bonds is 4. The van der Waals surface area contributed by atoms with Gasteiger partial charge in [-0.1, -0.05) is 6.07 Å². The lowest BCUT2D eigenvalue weighted by Gasteiger charge is -2.05. The largest absolute Gasteiger partial charge is 0.374 e. The molecule has 0 aromatic carbocycles. The van der Waals surface area contributed by atoms with Gasteiger partial charge in [-0.05, 0) is 11.6 Å². The number of nitrogens with two attached hydrogens (primary N) is 2. The maximum atomic E-state index is 5.29. The normalized spacial score (nSPS) is 10.6. The zero-order valence-electron chi connectivity index (χ0n) is 6.81. The van der Waals surface area contributed by atoms with Gasteiger partial charge in [-0.2, -0.15) is 0 Å². The van der Waals surface area contributed by atoms with Crippen LogP contribution in [0.15, 0.2) is 24.5 Å². The molecule has 0 aliphatic heterocycles. The lowest BCUT2D eigenvalue weighted by Crippen LogP contribution is -2.35. The number of hydrogen-bond donors (Lipinski definition) is 2. The molecule has 12 heavy (non-hydrogen) atoms. The average Bonchev–Trinajstić information content (AvgIpc) is 2.05. The van der Waals surface area contributed by atoms with Crippen LogP contribution < -0.4 is 11.5 Å². The quantitative estimate of drug-likeness (QED) is 0.611. The van der Waals surface area contributed by atoms with E-state index >= 15 is 0 Å². The fourth-order valence-electron chi connectivity index (χ4n) is 0.796. The molecule has 0 unspecified atom stereocenters. The first kappa shape index (κ1) is 9.12. The molecule has 4 N–H and O–H groups in total. The molecule has 0 aliphatic carbocycles. The monoisotopic (exact) mass is 167 g/mol. The third-order valence-electron chi connectivity index (χ3n) is 1.30. The zero-order chi connectivity index (χ0) is 8.81.